The predicted octanol–water partition coefficient (Wildman–Crippen LogP) is 4.02. The first-order valence-electron chi connectivity index (χ1n) is 10.8. The van der Waals surface area contributed by atoms with Gasteiger partial charge in [-0.1, -0.05) is 0 Å². The first kappa shape index (κ1) is 23.9. The van der Waals surface area contributed by atoms with Crippen molar-refractivity contribution in [3.63, 3.8) is 0 Å². The van der Waals surface area contributed by atoms with Gasteiger partial charge < -0.3 is 0 Å². The molecular formula is C23H33BFN2O2Tl. The van der Waals surface area contributed by atoms with E-state index in [0.717, 1.165) is 37.1 Å². The molecule has 0 bridgehead atoms. The van der Waals surface area contributed by atoms with Crippen LogP contribution in [0.25, 0.3) is 0 Å². The van der Waals surface area contributed by atoms with Crippen molar-refractivity contribution in [2.75, 3.05) is 0 Å². The summed E-state index contributed by atoms with van der Waals surface area (Å²) in [6.45, 7) is 14.7. The number of hydrogen-bond acceptors (Lipinski definition) is 3. The third-order valence-electron chi connectivity index (χ3n) is 6.68. The van der Waals surface area contributed by atoms with Crippen LogP contribution in [0.4, 0.5) is 4.39 Å². The van der Waals surface area contributed by atoms with Gasteiger partial charge in [-0.25, -0.2) is 0 Å². The van der Waals surface area contributed by atoms with Crippen molar-refractivity contribution in [3.8, 4) is 0 Å². The number of aryl methyl sites for hydroxylation is 2. The third-order valence-corrected chi connectivity index (χ3v) is 8.42. The number of nitrogens with zero attached hydrogens (tertiary/aromatic N) is 2. The Labute approximate surface area is 197 Å². The summed E-state index contributed by atoms with van der Waals surface area (Å²) >= 11 is 0.679. The van der Waals surface area contributed by atoms with Crippen LogP contribution in [0.15, 0.2) is 24.4 Å². The normalized spacial score (nSPS) is 18.2. The summed E-state index contributed by atoms with van der Waals surface area (Å²) in [5.41, 5.74) is 1.92. The molecule has 0 atom stereocenters. The van der Waals surface area contributed by atoms with Crippen molar-refractivity contribution in [3.05, 3.63) is 47.3 Å². The maximum absolute atomic E-state index is 14.9. The standard InChI is InChI=1S/C23H33BFN2O2.Tl/c1-8-21(2,3)14-17-15-26-20(27-17)12-10-16-9-11-18(19(25)13-16)24-28-22(4,5)23(6,7)29-24;/h9,11,13,15H,8,10,12,14H2,1-7H3;/q-1;+1. The summed E-state index contributed by atoms with van der Waals surface area (Å²) in [6.07, 6.45) is 5.90. The van der Waals surface area contributed by atoms with Gasteiger partial charge in [-0.2, -0.15) is 0 Å². The average Bonchev–Trinajstić information content (AvgIpc) is 3.07. The van der Waals surface area contributed by atoms with Crippen LogP contribution < -0.4 is 5.46 Å². The molecule has 0 unspecified atom stereocenters. The summed E-state index contributed by atoms with van der Waals surface area (Å²) < 4.78 is 29.1. The number of halogens is 1. The molecule has 0 aliphatic carbocycles. The molecule has 160 valence electrons. The van der Waals surface area contributed by atoms with E-state index >= 15 is 0 Å². The fourth-order valence-electron chi connectivity index (χ4n) is 3.52. The SMILES string of the molecule is CCC(C)(C)Cc1c[n]([Tl])c(CCc2ccc(B3OC(C)(C)C(C)(C)O3)c(F)c2)n1. The van der Waals surface area contributed by atoms with E-state index < -0.39 is 18.3 Å². The minimum atomic E-state index is -0.671. The Bertz CT molecular complexity index is 895. The first-order chi connectivity index (χ1) is 13.8. The van der Waals surface area contributed by atoms with Crippen molar-refractivity contribution in [2.45, 2.75) is 85.4 Å². The molecule has 2 aromatic rings. The molecule has 1 aliphatic heterocycles. The van der Waals surface area contributed by atoms with Crippen molar-refractivity contribution in [2.24, 2.45) is 5.41 Å². The molecule has 3 rings (SSSR count). The maximum atomic E-state index is 14.9. The van der Waals surface area contributed by atoms with Gasteiger partial charge in [0.15, 0.2) is 0 Å². The van der Waals surface area contributed by atoms with Crippen LogP contribution in [0, 0.1) is 11.2 Å². The predicted molar refractivity (Wildman–Crippen MR) is 121 cm³/mol. The van der Waals surface area contributed by atoms with Crippen molar-refractivity contribution >= 4 is 38.6 Å². The summed E-state index contributed by atoms with van der Waals surface area (Å²) in [5.74, 6) is 0.838. The molecule has 4 nitrogen and oxygen atoms in total. The molecule has 0 radical (unpaired) electrons. The number of rotatable bonds is 7. The van der Waals surface area contributed by atoms with Gasteiger partial charge in [-0.3, -0.25) is 0 Å². The molecule has 1 aromatic heterocycles. The quantitative estimate of drug-likeness (QED) is 0.449. The number of aromatic nitrogens is 2. The first-order valence-corrected chi connectivity index (χ1v) is 12.8. The summed E-state index contributed by atoms with van der Waals surface area (Å²) in [5, 5.41) is 0. The number of hydrogen-bond donors (Lipinski definition) is 0. The minimum absolute atomic E-state index is 0.267. The van der Waals surface area contributed by atoms with Gasteiger partial charge in [-0.05, 0) is 0 Å². The zero-order chi connectivity index (χ0) is 22.3. The van der Waals surface area contributed by atoms with E-state index in [2.05, 4.69) is 29.3 Å². The van der Waals surface area contributed by atoms with Gasteiger partial charge in [0.05, 0.1) is 0 Å². The van der Waals surface area contributed by atoms with Gasteiger partial charge in [0.2, 0.25) is 0 Å². The molecule has 2 heterocycles. The van der Waals surface area contributed by atoms with E-state index in [1.807, 2.05) is 33.8 Å². The number of imidazole rings is 1. The molecule has 1 aliphatic rings. The van der Waals surface area contributed by atoms with Gasteiger partial charge >= 0.3 is 198 Å². The van der Waals surface area contributed by atoms with Crippen LogP contribution in [0.1, 0.15) is 72.0 Å². The topological polar surface area (TPSA) is 36.3 Å². The van der Waals surface area contributed by atoms with Crippen molar-refractivity contribution in [1.82, 2.24) is 7.36 Å². The van der Waals surface area contributed by atoms with Crippen molar-refractivity contribution < 1.29 is 13.7 Å². The molecule has 0 amide bonds. The van der Waals surface area contributed by atoms with E-state index in [1.165, 1.54) is 5.69 Å². The van der Waals surface area contributed by atoms with Gasteiger partial charge in [0.25, 0.3) is 0 Å². The Morgan fingerprint density at radius 2 is 1.77 bits per heavy atom. The third kappa shape index (κ3) is 5.18. The molecule has 0 saturated carbocycles. The van der Waals surface area contributed by atoms with E-state index in [9.17, 15) is 4.39 Å². The van der Waals surface area contributed by atoms with Crippen LogP contribution in [0.3, 0.4) is 0 Å². The molecule has 7 heteroatoms. The second-order valence-corrected chi connectivity index (χ2v) is 12.4. The Hall–Kier alpha value is -0.733. The van der Waals surface area contributed by atoms with Crippen molar-refractivity contribution in [1.29, 1.82) is 0 Å². The van der Waals surface area contributed by atoms with E-state index in [-0.39, 0.29) is 11.2 Å². The fourth-order valence-corrected chi connectivity index (χ4v) is 4.91. The van der Waals surface area contributed by atoms with Crippen LogP contribution in [0.5, 0.6) is 0 Å². The second-order valence-electron chi connectivity index (χ2n) is 10.2. The Balaban J connectivity index is 1.67. The number of benzene rings is 1. The van der Waals surface area contributed by atoms with Crippen LogP contribution >= 0.6 is 0 Å². The van der Waals surface area contributed by atoms with E-state index in [4.69, 9.17) is 14.3 Å². The molecule has 0 spiro atoms. The molecule has 1 aromatic carbocycles. The Morgan fingerprint density at radius 1 is 1.13 bits per heavy atom. The Morgan fingerprint density at radius 3 is 2.33 bits per heavy atom. The van der Waals surface area contributed by atoms with Gasteiger partial charge in [0.1, 0.15) is 0 Å². The average molecular weight is 604 g/mol. The summed E-state index contributed by atoms with van der Waals surface area (Å²) in [6, 6.07) is 5.40. The van der Waals surface area contributed by atoms with Crippen LogP contribution in [-0.4, -0.2) is 51.7 Å². The van der Waals surface area contributed by atoms with Crippen LogP contribution in [0.2, 0.25) is 0 Å². The van der Waals surface area contributed by atoms with Crippen LogP contribution in [-0.2, 0) is 28.6 Å². The second kappa shape index (κ2) is 8.66. The molecule has 0 N–H and O–H groups in total. The summed E-state index contributed by atoms with van der Waals surface area (Å²) in [4.78, 5) is 4.86. The molecule has 1 saturated heterocycles. The summed E-state index contributed by atoms with van der Waals surface area (Å²) in [7, 11) is -0.671. The van der Waals surface area contributed by atoms with E-state index in [0.29, 0.717) is 31.5 Å². The molecule has 1 fully saturated rings. The fraction of sp³-hybridized carbons (Fsp3) is 0.609. The molecular weight excluding hydrogens is 570 g/mol. The van der Waals surface area contributed by atoms with E-state index in [1.54, 1.807) is 12.1 Å². The van der Waals surface area contributed by atoms with Gasteiger partial charge in [0, 0.05) is 0 Å². The van der Waals surface area contributed by atoms with Gasteiger partial charge in [-0.15, -0.1) is 0 Å². The Kier molecular flexibility index (Phi) is 6.90. The zero-order valence-electron chi connectivity index (χ0n) is 19.4. The monoisotopic (exact) mass is 604 g/mol. The molecule has 30 heavy (non-hydrogen) atoms. The zero-order valence-corrected chi connectivity index (χ0v) is 23.9.